The number of fused-ring (bicyclic) bond motifs is 1. The summed E-state index contributed by atoms with van der Waals surface area (Å²) >= 11 is 6.01. The summed E-state index contributed by atoms with van der Waals surface area (Å²) in [4.78, 5) is 16.1. The van der Waals surface area contributed by atoms with Crippen LogP contribution in [0.5, 0.6) is 0 Å². The van der Waals surface area contributed by atoms with E-state index in [2.05, 4.69) is 25.3 Å². The molecule has 0 saturated heterocycles. The van der Waals surface area contributed by atoms with Gasteiger partial charge >= 0.3 is 0 Å². The molecule has 1 aromatic carbocycles. The SMILES string of the molecule is Clc1cccc(CNc2cc(-c3c[nH]c4ncccc34)ncn2)c1.[HH]. The molecule has 24 heavy (non-hydrogen) atoms. The van der Waals surface area contributed by atoms with Gasteiger partial charge in [-0.1, -0.05) is 23.7 Å². The maximum atomic E-state index is 6.01. The van der Waals surface area contributed by atoms with Crippen molar-refractivity contribution in [3.05, 3.63) is 71.8 Å². The van der Waals surface area contributed by atoms with Gasteiger partial charge in [0, 0.05) is 42.4 Å². The molecule has 4 aromatic rings. The van der Waals surface area contributed by atoms with Gasteiger partial charge in [0.2, 0.25) is 0 Å². The van der Waals surface area contributed by atoms with Gasteiger partial charge < -0.3 is 10.3 Å². The fourth-order valence-electron chi connectivity index (χ4n) is 2.61. The van der Waals surface area contributed by atoms with Crippen LogP contribution in [0.4, 0.5) is 5.82 Å². The Balaban J connectivity index is 0.00000182. The molecule has 5 nitrogen and oxygen atoms in total. The third-order valence-electron chi connectivity index (χ3n) is 3.76. The molecular formula is C18H16ClN5. The molecule has 0 aliphatic rings. The number of rotatable bonds is 4. The van der Waals surface area contributed by atoms with Crippen LogP contribution in [0, 0.1) is 0 Å². The van der Waals surface area contributed by atoms with E-state index in [0.29, 0.717) is 6.54 Å². The van der Waals surface area contributed by atoms with Gasteiger partial charge in [0.15, 0.2) is 0 Å². The van der Waals surface area contributed by atoms with Gasteiger partial charge in [0.1, 0.15) is 17.8 Å². The van der Waals surface area contributed by atoms with E-state index in [0.717, 1.165) is 38.7 Å². The van der Waals surface area contributed by atoms with Gasteiger partial charge in [-0.2, -0.15) is 0 Å². The fourth-order valence-corrected chi connectivity index (χ4v) is 2.82. The summed E-state index contributed by atoms with van der Waals surface area (Å²) < 4.78 is 0. The number of hydrogen-bond donors (Lipinski definition) is 2. The molecule has 0 bridgehead atoms. The van der Waals surface area contributed by atoms with Gasteiger partial charge in [-0.05, 0) is 29.8 Å². The maximum Gasteiger partial charge on any atom is 0.137 e. The summed E-state index contributed by atoms with van der Waals surface area (Å²) in [6.45, 7) is 0.645. The summed E-state index contributed by atoms with van der Waals surface area (Å²) in [5.41, 5.74) is 3.79. The van der Waals surface area contributed by atoms with Crippen LogP contribution in [0.25, 0.3) is 22.3 Å². The van der Waals surface area contributed by atoms with Gasteiger partial charge in [0.25, 0.3) is 0 Å². The van der Waals surface area contributed by atoms with Crippen LogP contribution in [-0.4, -0.2) is 19.9 Å². The number of H-pyrrole nitrogens is 1. The number of aromatic nitrogens is 4. The molecule has 0 fully saturated rings. The van der Waals surface area contributed by atoms with Crippen molar-refractivity contribution in [3.63, 3.8) is 0 Å². The van der Waals surface area contributed by atoms with E-state index in [4.69, 9.17) is 11.6 Å². The molecule has 0 aliphatic carbocycles. The number of hydrogen-bond acceptors (Lipinski definition) is 4. The number of benzene rings is 1. The van der Waals surface area contributed by atoms with E-state index in [1.807, 2.05) is 48.7 Å². The van der Waals surface area contributed by atoms with Gasteiger partial charge in [-0.3, -0.25) is 0 Å². The Morgan fingerprint density at radius 2 is 2.04 bits per heavy atom. The number of pyridine rings is 1. The summed E-state index contributed by atoms with van der Waals surface area (Å²) in [6, 6.07) is 13.6. The lowest BCUT2D eigenvalue weighted by atomic mass is 10.1. The molecule has 2 N–H and O–H groups in total. The predicted octanol–water partition coefficient (Wildman–Crippen LogP) is 4.53. The van der Waals surface area contributed by atoms with Crippen LogP contribution in [0.1, 0.15) is 6.99 Å². The Kier molecular flexibility index (Phi) is 3.84. The molecule has 6 heteroatoms. The summed E-state index contributed by atoms with van der Waals surface area (Å²) in [5, 5.41) is 5.07. The van der Waals surface area contributed by atoms with Crippen molar-refractivity contribution in [2.24, 2.45) is 0 Å². The van der Waals surface area contributed by atoms with Crippen molar-refractivity contribution in [3.8, 4) is 11.3 Å². The second-order valence-corrected chi connectivity index (χ2v) is 5.81. The molecule has 4 rings (SSSR count). The maximum absolute atomic E-state index is 6.01. The minimum Gasteiger partial charge on any atom is -0.366 e. The Hall–Kier alpha value is -2.92. The van der Waals surface area contributed by atoms with Crippen molar-refractivity contribution in [2.45, 2.75) is 6.54 Å². The van der Waals surface area contributed by atoms with Gasteiger partial charge in [-0.15, -0.1) is 0 Å². The molecule has 0 radical (unpaired) electrons. The molecule has 3 heterocycles. The van der Waals surface area contributed by atoms with Crippen LogP contribution in [0.2, 0.25) is 5.02 Å². The monoisotopic (exact) mass is 337 g/mol. The van der Waals surface area contributed by atoms with Crippen LogP contribution in [-0.2, 0) is 6.54 Å². The average molecular weight is 338 g/mol. The van der Waals surface area contributed by atoms with E-state index in [1.54, 1.807) is 12.5 Å². The fraction of sp³-hybridized carbons (Fsp3) is 0.0556. The van der Waals surface area contributed by atoms with Crippen molar-refractivity contribution >= 4 is 28.5 Å². The molecule has 0 spiro atoms. The van der Waals surface area contributed by atoms with Crippen molar-refractivity contribution < 1.29 is 1.43 Å². The quantitative estimate of drug-likeness (QED) is 0.574. The molecule has 0 atom stereocenters. The first-order chi connectivity index (χ1) is 11.8. The number of nitrogens with zero attached hydrogens (tertiary/aromatic N) is 3. The summed E-state index contributed by atoms with van der Waals surface area (Å²) in [5.74, 6) is 0.762. The minimum atomic E-state index is 0. The highest BCUT2D eigenvalue weighted by Crippen LogP contribution is 2.26. The second kappa shape index (κ2) is 6.29. The highest BCUT2D eigenvalue weighted by molar-refractivity contribution is 6.30. The Morgan fingerprint density at radius 3 is 2.96 bits per heavy atom. The van der Waals surface area contributed by atoms with E-state index in [1.165, 1.54) is 0 Å². The molecule has 120 valence electrons. The van der Waals surface area contributed by atoms with Crippen LogP contribution in [0.3, 0.4) is 0 Å². The molecular weight excluding hydrogens is 322 g/mol. The standard InChI is InChI=1S/C18H14ClN5.H2/c19-13-4-1-3-12(7-13)9-21-17-8-16(23-11-24-17)15-10-22-18-14(15)5-2-6-20-18;/h1-8,10-11H,9H2,(H,20,22)(H,21,23,24);1H. The first kappa shape index (κ1) is 14.7. The normalized spacial score (nSPS) is 10.9. The summed E-state index contributed by atoms with van der Waals surface area (Å²) in [6.07, 6.45) is 5.24. The van der Waals surface area contributed by atoms with Crippen molar-refractivity contribution in [2.75, 3.05) is 5.32 Å². The highest BCUT2D eigenvalue weighted by atomic mass is 35.5. The van der Waals surface area contributed by atoms with Crippen molar-refractivity contribution in [1.29, 1.82) is 0 Å². The lowest BCUT2D eigenvalue weighted by molar-refractivity contribution is 1.08. The highest BCUT2D eigenvalue weighted by Gasteiger charge is 2.08. The van der Waals surface area contributed by atoms with E-state index in [9.17, 15) is 0 Å². The smallest absolute Gasteiger partial charge is 0.137 e. The zero-order chi connectivity index (χ0) is 16.4. The Bertz CT molecular complexity index is 1000. The zero-order valence-corrected chi connectivity index (χ0v) is 13.5. The first-order valence-corrected chi connectivity index (χ1v) is 7.90. The topological polar surface area (TPSA) is 66.5 Å². The summed E-state index contributed by atoms with van der Waals surface area (Å²) in [7, 11) is 0. The molecule has 3 aromatic heterocycles. The third-order valence-corrected chi connectivity index (χ3v) is 3.99. The number of anilines is 1. The first-order valence-electron chi connectivity index (χ1n) is 7.52. The zero-order valence-electron chi connectivity index (χ0n) is 12.7. The van der Waals surface area contributed by atoms with Crippen LogP contribution >= 0.6 is 11.6 Å². The molecule has 0 unspecified atom stereocenters. The second-order valence-electron chi connectivity index (χ2n) is 5.37. The lowest BCUT2D eigenvalue weighted by Gasteiger charge is -2.07. The van der Waals surface area contributed by atoms with E-state index >= 15 is 0 Å². The minimum absolute atomic E-state index is 0. The van der Waals surface area contributed by atoms with Crippen LogP contribution < -0.4 is 5.32 Å². The Labute approximate surface area is 145 Å². The lowest BCUT2D eigenvalue weighted by Crippen LogP contribution is -2.02. The number of aromatic amines is 1. The predicted molar refractivity (Wildman–Crippen MR) is 98.0 cm³/mol. The largest absolute Gasteiger partial charge is 0.366 e. The molecule has 0 amide bonds. The number of halogens is 1. The number of nitrogens with one attached hydrogen (secondary N) is 2. The molecule has 0 aliphatic heterocycles. The van der Waals surface area contributed by atoms with Gasteiger partial charge in [-0.25, -0.2) is 15.0 Å². The molecule has 0 saturated carbocycles. The van der Waals surface area contributed by atoms with Crippen LogP contribution in [0.15, 0.2) is 61.2 Å². The Morgan fingerprint density at radius 1 is 1.08 bits per heavy atom. The third kappa shape index (κ3) is 2.94. The van der Waals surface area contributed by atoms with Crippen molar-refractivity contribution in [1.82, 2.24) is 19.9 Å². The van der Waals surface area contributed by atoms with Gasteiger partial charge in [0.05, 0.1) is 5.69 Å². The van der Waals surface area contributed by atoms with E-state index in [-0.39, 0.29) is 1.43 Å². The van der Waals surface area contributed by atoms with E-state index < -0.39 is 0 Å². The average Bonchev–Trinajstić information content (AvgIpc) is 3.04.